The van der Waals surface area contributed by atoms with Crippen molar-refractivity contribution in [3.63, 3.8) is 0 Å². The first-order valence-electron chi connectivity index (χ1n) is 12.4. The third kappa shape index (κ3) is 8.74. The SMILES string of the molecule is CCCP(CCC)(CCC)(CCC)OC(C)=O.CCP(CC)(CC)(CC)OC(C)=O. The summed E-state index contributed by atoms with van der Waals surface area (Å²) >= 11 is 0. The van der Waals surface area contributed by atoms with Crippen molar-refractivity contribution in [3.8, 4) is 0 Å². The van der Waals surface area contributed by atoms with Crippen molar-refractivity contribution in [1.82, 2.24) is 0 Å². The molecule has 0 aromatic carbocycles. The second-order valence-electron chi connectivity index (χ2n) is 9.04. The zero-order valence-electron chi connectivity index (χ0n) is 22.0. The van der Waals surface area contributed by atoms with E-state index in [-0.39, 0.29) is 11.9 Å². The summed E-state index contributed by atoms with van der Waals surface area (Å²) in [5, 5.41) is 0. The molecule has 4 nitrogen and oxygen atoms in total. The van der Waals surface area contributed by atoms with E-state index >= 15 is 0 Å². The van der Waals surface area contributed by atoms with Crippen molar-refractivity contribution in [2.75, 3.05) is 49.3 Å². The summed E-state index contributed by atoms with van der Waals surface area (Å²) in [6.07, 6.45) is 13.1. The number of rotatable bonds is 14. The fourth-order valence-corrected chi connectivity index (χ4v) is 16.3. The molecule has 30 heavy (non-hydrogen) atoms. The van der Waals surface area contributed by atoms with Crippen LogP contribution in [0.2, 0.25) is 0 Å². The van der Waals surface area contributed by atoms with E-state index in [2.05, 4.69) is 55.4 Å². The molecule has 0 rings (SSSR count). The van der Waals surface area contributed by atoms with Gasteiger partial charge in [-0.15, -0.1) is 0 Å². The standard InChI is InChI=1S/C14H31O2P.C10H23O2P/c1-6-10-17(11-7-2,12-8-3,13-9-4)16-14(5)15;1-6-13(7-2,8-3,9-4)12-10(5)11/h6-13H2,1-5H3;6-9H2,1-5H3. The van der Waals surface area contributed by atoms with Crippen molar-refractivity contribution in [3.05, 3.63) is 0 Å². The maximum absolute atomic E-state index is 11.6. The van der Waals surface area contributed by atoms with Crippen LogP contribution >= 0.6 is 13.7 Å². The van der Waals surface area contributed by atoms with Crippen molar-refractivity contribution < 1.29 is 18.6 Å². The molecule has 0 bridgehead atoms. The van der Waals surface area contributed by atoms with Crippen LogP contribution in [0, 0.1) is 0 Å². The van der Waals surface area contributed by atoms with Gasteiger partial charge in [-0.2, -0.15) is 0 Å². The van der Waals surface area contributed by atoms with E-state index in [1.54, 1.807) is 6.92 Å². The Hall–Kier alpha value is -0.200. The molecule has 0 atom stereocenters. The van der Waals surface area contributed by atoms with Crippen LogP contribution in [0.4, 0.5) is 0 Å². The monoisotopic (exact) mass is 468 g/mol. The Morgan fingerprint density at radius 3 is 0.867 bits per heavy atom. The first-order valence-corrected chi connectivity index (χ1v) is 18.2. The van der Waals surface area contributed by atoms with Crippen LogP contribution in [0.3, 0.4) is 0 Å². The van der Waals surface area contributed by atoms with Crippen LogP contribution in [-0.2, 0) is 18.6 Å². The van der Waals surface area contributed by atoms with Crippen LogP contribution in [0.25, 0.3) is 0 Å². The summed E-state index contributed by atoms with van der Waals surface area (Å²) in [6.45, 7) is 16.2. The molecule has 0 saturated carbocycles. The molecule has 184 valence electrons. The predicted octanol–water partition coefficient (Wildman–Crippen LogP) is 7.76. The number of carbonyl (C=O) groups excluding carboxylic acids is 2. The molecule has 0 aromatic rings. The molecule has 0 N–H and O–H groups in total. The van der Waals surface area contributed by atoms with Crippen LogP contribution < -0.4 is 0 Å². The van der Waals surface area contributed by atoms with E-state index in [1.807, 2.05) is 0 Å². The third-order valence-electron chi connectivity index (χ3n) is 7.13. The van der Waals surface area contributed by atoms with Gasteiger partial charge in [0.1, 0.15) is 0 Å². The van der Waals surface area contributed by atoms with Gasteiger partial charge in [-0.1, -0.05) is 0 Å². The molecule has 0 radical (unpaired) electrons. The van der Waals surface area contributed by atoms with Gasteiger partial charge in [0, 0.05) is 0 Å². The molecule has 0 saturated heterocycles. The molecule has 0 heterocycles. The van der Waals surface area contributed by atoms with E-state index in [9.17, 15) is 9.59 Å². The number of hydrogen-bond donors (Lipinski definition) is 0. The van der Waals surface area contributed by atoms with Crippen molar-refractivity contribution in [1.29, 1.82) is 0 Å². The average molecular weight is 469 g/mol. The molecule has 0 aliphatic rings. The van der Waals surface area contributed by atoms with Crippen molar-refractivity contribution in [2.45, 2.75) is 94.9 Å². The van der Waals surface area contributed by atoms with Gasteiger partial charge < -0.3 is 0 Å². The molecular formula is C24H54O4P2. The van der Waals surface area contributed by atoms with Crippen LogP contribution in [0.15, 0.2) is 0 Å². The molecule has 6 heteroatoms. The van der Waals surface area contributed by atoms with E-state index < -0.39 is 13.7 Å². The summed E-state index contributed by atoms with van der Waals surface area (Å²) in [5.74, 6) is -0.170. The zero-order chi connectivity index (χ0) is 23.9. The van der Waals surface area contributed by atoms with Gasteiger partial charge in [0.2, 0.25) is 0 Å². The second-order valence-corrected chi connectivity index (χ2v) is 21.2. The zero-order valence-corrected chi connectivity index (χ0v) is 23.8. The molecule has 0 aliphatic heterocycles. The maximum atomic E-state index is 11.6. The number of hydrogen-bond acceptors (Lipinski definition) is 4. The van der Waals surface area contributed by atoms with Gasteiger partial charge in [-0.3, -0.25) is 0 Å². The van der Waals surface area contributed by atoms with Crippen molar-refractivity contribution in [2.24, 2.45) is 0 Å². The normalized spacial score (nSPS) is 14.3. The molecule has 0 unspecified atom stereocenters. The number of carbonyl (C=O) groups is 2. The van der Waals surface area contributed by atoms with E-state index in [0.29, 0.717) is 0 Å². The summed E-state index contributed by atoms with van der Waals surface area (Å²) in [7, 11) is 0. The molecular weight excluding hydrogens is 414 g/mol. The minimum absolute atomic E-state index is 0.0635. The van der Waals surface area contributed by atoms with Gasteiger partial charge in [0.05, 0.1) is 0 Å². The molecule has 0 aromatic heterocycles. The van der Waals surface area contributed by atoms with Gasteiger partial charge in [0.15, 0.2) is 0 Å². The third-order valence-corrected chi connectivity index (χ3v) is 21.4. The first kappa shape index (κ1) is 32.0. The second kappa shape index (κ2) is 14.1. The van der Waals surface area contributed by atoms with Gasteiger partial charge in [-0.25, -0.2) is 0 Å². The van der Waals surface area contributed by atoms with Gasteiger partial charge in [0.25, 0.3) is 0 Å². The summed E-state index contributed by atoms with van der Waals surface area (Å²) < 4.78 is 11.8. The Morgan fingerprint density at radius 1 is 0.500 bits per heavy atom. The predicted molar refractivity (Wildman–Crippen MR) is 140 cm³/mol. The minimum atomic E-state index is -2.24. The van der Waals surface area contributed by atoms with E-state index in [0.717, 1.165) is 75.0 Å². The first-order chi connectivity index (χ1) is 13.9. The summed E-state index contributed by atoms with van der Waals surface area (Å²) in [4.78, 5) is 22.7. The van der Waals surface area contributed by atoms with Gasteiger partial charge >= 0.3 is 188 Å². The fourth-order valence-electron chi connectivity index (χ4n) is 5.44. The quantitative estimate of drug-likeness (QED) is 0.245. The molecule has 0 amide bonds. The van der Waals surface area contributed by atoms with E-state index in [4.69, 9.17) is 9.05 Å². The Bertz CT molecular complexity index is 456. The Morgan fingerprint density at radius 2 is 0.733 bits per heavy atom. The van der Waals surface area contributed by atoms with Crippen molar-refractivity contribution >= 4 is 25.6 Å². The Labute approximate surface area is 188 Å². The van der Waals surface area contributed by atoms with Gasteiger partial charge in [-0.05, 0) is 0 Å². The fraction of sp³-hybridized carbons (Fsp3) is 0.917. The Balaban J connectivity index is 0. The summed E-state index contributed by atoms with van der Waals surface area (Å²) in [5.41, 5.74) is 0. The van der Waals surface area contributed by atoms with Crippen LogP contribution in [0.5, 0.6) is 0 Å². The van der Waals surface area contributed by atoms with Crippen LogP contribution in [-0.4, -0.2) is 61.2 Å². The summed E-state index contributed by atoms with van der Waals surface area (Å²) in [6, 6.07) is 0. The Kier molecular flexibility index (Phi) is 15.0. The molecule has 0 aliphatic carbocycles. The van der Waals surface area contributed by atoms with Crippen LogP contribution in [0.1, 0.15) is 94.9 Å². The molecule has 0 spiro atoms. The topological polar surface area (TPSA) is 52.6 Å². The molecule has 0 fully saturated rings. The average Bonchev–Trinajstić information content (AvgIpc) is 2.67. The van der Waals surface area contributed by atoms with E-state index in [1.165, 1.54) is 6.92 Å².